The van der Waals surface area contributed by atoms with Gasteiger partial charge < -0.3 is 9.47 Å². The second-order valence-corrected chi connectivity index (χ2v) is 7.67. The summed E-state index contributed by atoms with van der Waals surface area (Å²) in [6.07, 6.45) is 20.2. The molecule has 0 saturated carbocycles. The molecule has 1 atom stereocenters. The van der Waals surface area contributed by atoms with Crippen LogP contribution in [0.2, 0.25) is 0 Å². The summed E-state index contributed by atoms with van der Waals surface area (Å²) in [6.45, 7) is 6.36. The number of unbranched alkanes of at least 4 members (excludes halogenated alkanes) is 9. The summed E-state index contributed by atoms with van der Waals surface area (Å²) in [4.78, 5) is 22.7. The average molecular weight is 397 g/mol. The first-order chi connectivity index (χ1) is 13.6. The van der Waals surface area contributed by atoms with E-state index in [1.807, 2.05) is 0 Å². The van der Waals surface area contributed by atoms with Gasteiger partial charge in [0, 0.05) is 19.8 Å². The molecule has 0 N–H and O–H groups in total. The Hall–Kier alpha value is -1.32. The Labute approximate surface area is 173 Å². The molecule has 0 saturated heterocycles. The predicted molar refractivity (Wildman–Crippen MR) is 116 cm³/mol. The summed E-state index contributed by atoms with van der Waals surface area (Å²) in [5.41, 5.74) is 0. The monoisotopic (exact) mass is 396 g/mol. The Morgan fingerprint density at radius 1 is 0.821 bits per heavy atom. The highest BCUT2D eigenvalue weighted by Crippen LogP contribution is 2.13. The summed E-state index contributed by atoms with van der Waals surface area (Å²) in [6, 6.07) is 0. The Kier molecular flexibility index (Phi) is 19.5. The molecule has 0 radical (unpaired) electrons. The quantitative estimate of drug-likeness (QED) is 0.135. The third kappa shape index (κ3) is 19.4. The van der Waals surface area contributed by atoms with E-state index in [1.165, 1.54) is 45.4 Å². The highest BCUT2D eigenvalue weighted by Gasteiger charge is 2.09. The number of carbonyl (C=O) groups excluding carboxylic acids is 2. The van der Waals surface area contributed by atoms with Crippen molar-refractivity contribution < 1.29 is 19.1 Å². The second-order valence-electron chi connectivity index (χ2n) is 7.67. The van der Waals surface area contributed by atoms with E-state index in [-0.39, 0.29) is 18.0 Å². The van der Waals surface area contributed by atoms with Crippen LogP contribution in [0.1, 0.15) is 117 Å². The minimum Gasteiger partial charge on any atom is -0.466 e. The number of hydrogen-bond donors (Lipinski definition) is 0. The van der Waals surface area contributed by atoms with Gasteiger partial charge in [0.25, 0.3) is 0 Å². The van der Waals surface area contributed by atoms with E-state index in [1.54, 1.807) is 0 Å². The summed E-state index contributed by atoms with van der Waals surface area (Å²) in [7, 11) is 0. The van der Waals surface area contributed by atoms with Crippen LogP contribution in [-0.2, 0) is 19.1 Å². The molecule has 0 aromatic heterocycles. The molecule has 0 aromatic rings. The molecule has 4 nitrogen and oxygen atoms in total. The van der Waals surface area contributed by atoms with E-state index < -0.39 is 0 Å². The lowest BCUT2D eigenvalue weighted by molar-refractivity contribution is -0.146. The Morgan fingerprint density at radius 2 is 1.50 bits per heavy atom. The van der Waals surface area contributed by atoms with Gasteiger partial charge in [-0.15, -0.1) is 0 Å². The van der Waals surface area contributed by atoms with Crippen LogP contribution >= 0.6 is 0 Å². The molecular formula is C24H44O4. The zero-order chi connectivity index (χ0) is 20.9. The number of allylic oxidation sites excluding steroid dienone is 1. The predicted octanol–water partition coefficient (Wildman–Crippen LogP) is 6.91. The van der Waals surface area contributed by atoms with Crippen molar-refractivity contribution in [1.82, 2.24) is 0 Å². The van der Waals surface area contributed by atoms with Gasteiger partial charge in [0.2, 0.25) is 0 Å². The van der Waals surface area contributed by atoms with Crippen molar-refractivity contribution in [2.45, 2.75) is 123 Å². The smallest absolute Gasteiger partial charge is 0.305 e. The van der Waals surface area contributed by atoms with E-state index in [2.05, 4.69) is 26.0 Å². The van der Waals surface area contributed by atoms with Crippen LogP contribution in [0.25, 0.3) is 0 Å². The minimum atomic E-state index is -0.178. The topological polar surface area (TPSA) is 52.6 Å². The molecule has 0 rings (SSSR count). The maximum absolute atomic E-state index is 11.5. The van der Waals surface area contributed by atoms with Crippen LogP contribution in [0.15, 0.2) is 12.2 Å². The fourth-order valence-corrected chi connectivity index (χ4v) is 3.09. The van der Waals surface area contributed by atoms with Crippen molar-refractivity contribution in [1.29, 1.82) is 0 Å². The molecule has 28 heavy (non-hydrogen) atoms. The third-order valence-electron chi connectivity index (χ3n) is 4.79. The zero-order valence-corrected chi connectivity index (χ0v) is 18.7. The molecule has 0 aliphatic heterocycles. The largest absolute Gasteiger partial charge is 0.466 e. The SMILES string of the molecule is CCCCCCC(CC=CCCCCCCCC(=O)OCCCC)OC(C)=O. The molecule has 0 bridgehead atoms. The highest BCUT2D eigenvalue weighted by molar-refractivity contribution is 5.69. The van der Waals surface area contributed by atoms with Gasteiger partial charge in [-0.2, -0.15) is 0 Å². The van der Waals surface area contributed by atoms with Crippen LogP contribution in [0.4, 0.5) is 0 Å². The van der Waals surface area contributed by atoms with Gasteiger partial charge in [0.05, 0.1) is 6.61 Å². The van der Waals surface area contributed by atoms with Crippen molar-refractivity contribution in [2.75, 3.05) is 6.61 Å². The molecule has 1 unspecified atom stereocenters. The summed E-state index contributed by atoms with van der Waals surface area (Å²) >= 11 is 0. The molecule has 0 aliphatic rings. The molecule has 0 spiro atoms. The third-order valence-corrected chi connectivity index (χ3v) is 4.79. The Balaban J connectivity index is 3.64. The Bertz CT molecular complexity index is 403. The van der Waals surface area contributed by atoms with Gasteiger partial charge in [-0.1, -0.05) is 70.9 Å². The van der Waals surface area contributed by atoms with Crippen molar-refractivity contribution >= 4 is 11.9 Å². The van der Waals surface area contributed by atoms with E-state index in [0.717, 1.165) is 51.4 Å². The van der Waals surface area contributed by atoms with E-state index in [9.17, 15) is 9.59 Å². The molecule has 164 valence electrons. The van der Waals surface area contributed by atoms with Gasteiger partial charge in [0.1, 0.15) is 6.10 Å². The van der Waals surface area contributed by atoms with Crippen LogP contribution in [0, 0.1) is 0 Å². The van der Waals surface area contributed by atoms with Crippen LogP contribution in [-0.4, -0.2) is 24.6 Å². The van der Waals surface area contributed by atoms with Crippen molar-refractivity contribution in [3.63, 3.8) is 0 Å². The number of rotatable bonds is 19. The van der Waals surface area contributed by atoms with E-state index >= 15 is 0 Å². The first-order valence-corrected chi connectivity index (χ1v) is 11.6. The number of esters is 2. The summed E-state index contributed by atoms with van der Waals surface area (Å²) in [5.74, 6) is -0.225. The average Bonchev–Trinajstić information content (AvgIpc) is 2.66. The van der Waals surface area contributed by atoms with Crippen LogP contribution in [0.5, 0.6) is 0 Å². The van der Waals surface area contributed by atoms with Gasteiger partial charge in [-0.3, -0.25) is 9.59 Å². The second kappa shape index (κ2) is 20.4. The fourth-order valence-electron chi connectivity index (χ4n) is 3.09. The van der Waals surface area contributed by atoms with Gasteiger partial charge in [-0.05, 0) is 38.5 Å². The van der Waals surface area contributed by atoms with Crippen LogP contribution < -0.4 is 0 Å². The summed E-state index contributed by atoms with van der Waals surface area (Å²) < 4.78 is 10.6. The maximum atomic E-state index is 11.5. The zero-order valence-electron chi connectivity index (χ0n) is 18.7. The Morgan fingerprint density at radius 3 is 2.21 bits per heavy atom. The number of hydrogen-bond acceptors (Lipinski definition) is 4. The van der Waals surface area contributed by atoms with Gasteiger partial charge in [-0.25, -0.2) is 0 Å². The van der Waals surface area contributed by atoms with Crippen molar-refractivity contribution in [2.24, 2.45) is 0 Å². The lowest BCUT2D eigenvalue weighted by atomic mass is 10.1. The highest BCUT2D eigenvalue weighted by atomic mass is 16.5. The van der Waals surface area contributed by atoms with E-state index in [0.29, 0.717) is 13.0 Å². The maximum Gasteiger partial charge on any atom is 0.305 e. The fraction of sp³-hybridized carbons (Fsp3) is 0.833. The molecule has 0 heterocycles. The lowest BCUT2D eigenvalue weighted by Gasteiger charge is -2.15. The minimum absolute atomic E-state index is 0.0303. The van der Waals surface area contributed by atoms with Crippen molar-refractivity contribution in [3.8, 4) is 0 Å². The number of ether oxygens (including phenoxy) is 2. The first kappa shape index (κ1) is 26.7. The standard InChI is InChI=1S/C24H44O4/c1-4-6-8-15-18-23(28-22(3)25)19-16-13-11-9-10-12-14-17-20-24(26)27-21-7-5-2/h13,16,23H,4-12,14-15,17-21H2,1-3H3. The molecular weight excluding hydrogens is 352 g/mol. The van der Waals surface area contributed by atoms with Crippen LogP contribution in [0.3, 0.4) is 0 Å². The van der Waals surface area contributed by atoms with Gasteiger partial charge >= 0.3 is 11.9 Å². The van der Waals surface area contributed by atoms with E-state index in [4.69, 9.17) is 9.47 Å². The molecule has 0 aliphatic carbocycles. The van der Waals surface area contributed by atoms with Gasteiger partial charge in [0.15, 0.2) is 0 Å². The van der Waals surface area contributed by atoms with Crippen molar-refractivity contribution in [3.05, 3.63) is 12.2 Å². The molecule has 4 heteroatoms. The molecule has 0 fully saturated rings. The number of carbonyl (C=O) groups is 2. The summed E-state index contributed by atoms with van der Waals surface area (Å²) in [5, 5.41) is 0. The first-order valence-electron chi connectivity index (χ1n) is 11.6. The molecule has 0 amide bonds. The molecule has 0 aromatic carbocycles. The normalized spacial score (nSPS) is 12.2. The lowest BCUT2D eigenvalue weighted by Crippen LogP contribution is -2.15.